The molecule has 0 radical (unpaired) electrons. The van der Waals surface area contributed by atoms with E-state index in [2.05, 4.69) is 4.98 Å². The van der Waals surface area contributed by atoms with E-state index in [0.717, 1.165) is 0 Å². The minimum atomic E-state index is -5.27. The van der Waals surface area contributed by atoms with Crippen LogP contribution in [0.2, 0.25) is 0 Å². The van der Waals surface area contributed by atoms with Crippen LogP contribution in [0.25, 0.3) is 0 Å². The Labute approximate surface area is 96.3 Å². The van der Waals surface area contributed by atoms with E-state index < -0.39 is 41.1 Å². The summed E-state index contributed by atoms with van der Waals surface area (Å²) in [6.45, 7) is 0. The van der Waals surface area contributed by atoms with Gasteiger partial charge in [-0.3, -0.25) is 0 Å². The van der Waals surface area contributed by atoms with E-state index in [4.69, 9.17) is 10.4 Å². The third-order valence-electron chi connectivity index (χ3n) is 1.89. The summed E-state index contributed by atoms with van der Waals surface area (Å²) in [5.41, 5.74) is -5.99. The molecular weight excluding hydrogens is 263 g/mol. The summed E-state index contributed by atoms with van der Waals surface area (Å²) >= 11 is 0. The number of aromatic carboxylic acids is 1. The predicted octanol–water partition coefficient (Wildman–Crippen LogP) is 2.61. The number of carboxylic acid groups (broad SMARTS) is 1. The third kappa shape index (κ3) is 2.53. The molecule has 0 saturated heterocycles. The van der Waals surface area contributed by atoms with Gasteiger partial charge in [0.2, 0.25) is 0 Å². The standard InChI is InChI=1S/C9H3F5N2O2/c10-7(11)5-4(8(17)18)1-3(2-15)16-6(5)9(12,13)14/h1,7H,(H,17,18). The Morgan fingerprint density at radius 3 is 2.33 bits per heavy atom. The van der Waals surface area contributed by atoms with Crippen LogP contribution in [0.1, 0.15) is 33.7 Å². The van der Waals surface area contributed by atoms with Gasteiger partial charge in [-0.15, -0.1) is 0 Å². The first-order valence-electron chi connectivity index (χ1n) is 4.22. The summed E-state index contributed by atoms with van der Waals surface area (Å²) in [6.07, 6.45) is -8.95. The van der Waals surface area contributed by atoms with Crippen LogP contribution in [-0.2, 0) is 6.18 Å². The molecule has 96 valence electrons. The van der Waals surface area contributed by atoms with Crippen LogP contribution in [0.4, 0.5) is 22.0 Å². The fourth-order valence-corrected chi connectivity index (χ4v) is 1.23. The predicted molar refractivity (Wildman–Crippen MR) is 45.9 cm³/mol. The van der Waals surface area contributed by atoms with Gasteiger partial charge in [-0.25, -0.2) is 18.6 Å². The van der Waals surface area contributed by atoms with Crippen LogP contribution in [0.5, 0.6) is 0 Å². The third-order valence-corrected chi connectivity index (χ3v) is 1.89. The first-order chi connectivity index (χ1) is 8.18. The lowest BCUT2D eigenvalue weighted by Crippen LogP contribution is -2.17. The number of nitriles is 1. The van der Waals surface area contributed by atoms with Crippen molar-refractivity contribution in [2.75, 3.05) is 0 Å². The van der Waals surface area contributed by atoms with Crippen LogP contribution in [-0.4, -0.2) is 16.1 Å². The Kier molecular flexibility index (Phi) is 3.50. The molecule has 0 amide bonds. The van der Waals surface area contributed by atoms with Crippen molar-refractivity contribution < 1.29 is 31.9 Å². The SMILES string of the molecule is N#Cc1cc(C(=O)O)c(C(F)F)c(C(F)(F)F)n1. The fraction of sp³-hybridized carbons (Fsp3) is 0.222. The average molecular weight is 266 g/mol. The van der Waals surface area contributed by atoms with Crippen LogP contribution in [0, 0.1) is 11.3 Å². The zero-order chi connectivity index (χ0) is 14.1. The van der Waals surface area contributed by atoms with E-state index in [9.17, 15) is 26.7 Å². The number of pyridine rings is 1. The summed E-state index contributed by atoms with van der Waals surface area (Å²) < 4.78 is 62.5. The van der Waals surface area contributed by atoms with Crippen LogP contribution >= 0.6 is 0 Å². The van der Waals surface area contributed by atoms with Gasteiger partial charge in [0.15, 0.2) is 5.69 Å². The van der Waals surface area contributed by atoms with Gasteiger partial charge < -0.3 is 5.11 Å². The largest absolute Gasteiger partial charge is 0.478 e. The average Bonchev–Trinajstić information content (AvgIpc) is 2.25. The van der Waals surface area contributed by atoms with Crippen molar-refractivity contribution in [3.05, 3.63) is 28.6 Å². The topological polar surface area (TPSA) is 74.0 Å². The molecule has 1 aromatic heterocycles. The van der Waals surface area contributed by atoms with Crippen molar-refractivity contribution in [1.82, 2.24) is 4.98 Å². The van der Waals surface area contributed by atoms with Gasteiger partial charge in [0, 0.05) is 0 Å². The highest BCUT2D eigenvalue weighted by Crippen LogP contribution is 2.37. The molecule has 0 aliphatic carbocycles. The highest BCUT2D eigenvalue weighted by molar-refractivity contribution is 5.90. The Bertz CT molecular complexity index is 533. The monoisotopic (exact) mass is 266 g/mol. The van der Waals surface area contributed by atoms with Crippen LogP contribution < -0.4 is 0 Å². The molecule has 18 heavy (non-hydrogen) atoms. The van der Waals surface area contributed by atoms with Crippen molar-refractivity contribution in [2.45, 2.75) is 12.6 Å². The molecule has 0 aliphatic rings. The van der Waals surface area contributed by atoms with Crippen molar-refractivity contribution in [1.29, 1.82) is 5.26 Å². The quantitative estimate of drug-likeness (QED) is 0.835. The molecule has 0 atom stereocenters. The maximum Gasteiger partial charge on any atom is 0.433 e. The van der Waals surface area contributed by atoms with E-state index in [0.29, 0.717) is 6.07 Å². The van der Waals surface area contributed by atoms with Crippen molar-refractivity contribution in [2.24, 2.45) is 0 Å². The molecule has 0 aliphatic heterocycles. The molecule has 0 spiro atoms. The summed E-state index contributed by atoms with van der Waals surface area (Å²) in [4.78, 5) is 13.3. The first-order valence-corrected chi connectivity index (χ1v) is 4.22. The number of alkyl halides is 5. The molecule has 0 aromatic carbocycles. The highest BCUT2D eigenvalue weighted by Gasteiger charge is 2.40. The van der Waals surface area contributed by atoms with Crippen LogP contribution in [0.15, 0.2) is 6.07 Å². The van der Waals surface area contributed by atoms with Gasteiger partial charge in [-0.2, -0.15) is 18.4 Å². The zero-order valence-electron chi connectivity index (χ0n) is 8.29. The Morgan fingerprint density at radius 1 is 1.44 bits per heavy atom. The molecule has 1 rings (SSSR count). The lowest BCUT2D eigenvalue weighted by atomic mass is 10.0. The van der Waals surface area contributed by atoms with Crippen molar-refractivity contribution in [3.8, 4) is 6.07 Å². The number of nitrogens with zero attached hydrogens (tertiary/aromatic N) is 2. The number of carboxylic acids is 1. The second kappa shape index (κ2) is 4.56. The molecule has 9 heteroatoms. The number of rotatable bonds is 2. The molecule has 0 unspecified atom stereocenters. The highest BCUT2D eigenvalue weighted by atomic mass is 19.4. The Hall–Kier alpha value is -2.24. The molecule has 4 nitrogen and oxygen atoms in total. The van der Waals surface area contributed by atoms with Crippen molar-refractivity contribution >= 4 is 5.97 Å². The van der Waals surface area contributed by atoms with E-state index in [1.165, 1.54) is 6.07 Å². The van der Waals surface area contributed by atoms with Gasteiger partial charge in [0.1, 0.15) is 11.8 Å². The Morgan fingerprint density at radius 2 is 2.00 bits per heavy atom. The minimum Gasteiger partial charge on any atom is -0.478 e. The van der Waals surface area contributed by atoms with Crippen molar-refractivity contribution in [3.63, 3.8) is 0 Å². The normalized spacial score (nSPS) is 11.4. The van der Waals surface area contributed by atoms with Gasteiger partial charge >= 0.3 is 12.1 Å². The molecule has 1 N–H and O–H groups in total. The number of hydrogen-bond acceptors (Lipinski definition) is 3. The number of carbonyl (C=O) groups is 1. The summed E-state index contributed by atoms with van der Waals surface area (Å²) in [7, 11) is 0. The number of aromatic nitrogens is 1. The van der Waals surface area contributed by atoms with Crippen LogP contribution in [0.3, 0.4) is 0 Å². The first kappa shape index (κ1) is 13.8. The summed E-state index contributed by atoms with van der Waals surface area (Å²) in [5.74, 6) is -1.99. The lowest BCUT2D eigenvalue weighted by Gasteiger charge is -2.13. The molecule has 1 aromatic rings. The van der Waals surface area contributed by atoms with Gasteiger partial charge in [0.05, 0.1) is 11.1 Å². The van der Waals surface area contributed by atoms with E-state index >= 15 is 0 Å². The van der Waals surface area contributed by atoms with E-state index in [-0.39, 0.29) is 0 Å². The Balaban J connectivity index is 3.73. The fourth-order valence-electron chi connectivity index (χ4n) is 1.23. The smallest absolute Gasteiger partial charge is 0.433 e. The molecule has 0 bridgehead atoms. The van der Waals surface area contributed by atoms with Gasteiger partial charge in [-0.05, 0) is 6.07 Å². The maximum absolute atomic E-state index is 12.5. The molecule has 0 fully saturated rings. The zero-order valence-corrected chi connectivity index (χ0v) is 8.29. The number of hydrogen-bond donors (Lipinski definition) is 1. The lowest BCUT2D eigenvalue weighted by molar-refractivity contribution is -0.143. The molecule has 0 saturated carbocycles. The maximum atomic E-state index is 12.5. The summed E-state index contributed by atoms with van der Waals surface area (Å²) in [5, 5.41) is 17.0. The minimum absolute atomic E-state index is 0.374. The van der Waals surface area contributed by atoms with E-state index in [1.807, 2.05) is 0 Å². The van der Waals surface area contributed by atoms with Gasteiger partial charge in [-0.1, -0.05) is 0 Å². The second-order valence-corrected chi connectivity index (χ2v) is 3.03. The van der Waals surface area contributed by atoms with E-state index in [1.54, 1.807) is 0 Å². The summed E-state index contributed by atoms with van der Waals surface area (Å²) in [6, 6.07) is 1.56. The molecular formula is C9H3F5N2O2. The molecule has 1 heterocycles. The second-order valence-electron chi connectivity index (χ2n) is 3.03. The van der Waals surface area contributed by atoms with Gasteiger partial charge in [0.25, 0.3) is 6.43 Å². The number of halogens is 5.